The molecule has 0 fully saturated rings. The van der Waals surface area contributed by atoms with E-state index in [9.17, 15) is 9.59 Å². The van der Waals surface area contributed by atoms with E-state index < -0.39 is 0 Å². The van der Waals surface area contributed by atoms with E-state index in [1.165, 1.54) is 18.3 Å². The fourth-order valence-electron chi connectivity index (χ4n) is 2.75. The number of para-hydroxylation sites is 1. The van der Waals surface area contributed by atoms with Gasteiger partial charge in [0.2, 0.25) is 17.6 Å². The number of thiazole rings is 1. The molecule has 0 bridgehead atoms. The fourth-order valence-corrected chi connectivity index (χ4v) is 4.44. The van der Waals surface area contributed by atoms with Crippen molar-refractivity contribution in [3.8, 4) is 16.3 Å². The highest BCUT2D eigenvalue weighted by Crippen LogP contribution is 2.31. The predicted octanol–water partition coefficient (Wildman–Crippen LogP) is 4.03. The molecule has 3 heterocycles. The number of nitrogens with one attached hydrogen (secondary N) is 2. The Bertz CT molecular complexity index is 1250. The smallest absolute Gasteiger partial charge is 0.261 e. The number of thiophene rings is 1. The molecular formula is C21H19N5O4S2. The van der Waals surface area contributed by atoms with Crippen LogP contribution >= 0.6 is 22.7 Å². The van der Waals surface area contributed by atoms with E-state index >= 15 is 0 Å². The van der Waals surface area contributed by atoms with Gasteiger partial charge in [-0.2, -0.15) is 4.98 Å². The summed E-state index contributed by atoms with van der Waals surface area (Å²) in [6.45, 7) is 3.75. The first-order chi connectivity index (χ1) is 15.5. The maximum Gasteiger partial charge on any atom is 0.261 e. The first kappa shape index (κ1) is 21.7. The number of benzene rings is 1. The zero-order valence-corrected chi connectivity index (χ0v) is 18.9. The third-order valence-corrected chi connectivity index (χ3v) is 6.07. The highest BCUT2D eigenvalue weighted by Gasteiger charge is 2.16. The van der Waals surface area contributed by atoms with Gasteiger partial charge in [-0.05, 0) is 24.3 Å². The summed E-state index contributed by atoms with van der Waals surface area (Å²) in [6, 6.07) is 10.8. The van der Waals surface area contributed by atoms with Crippen molar-refractivity contribution in [1.29, 1.82) is 0 Å². The fraction of sp³-hybridized carbons (Fsp3) is 0.190. The second kappa shape index (κ2) is 9.71. The molecule has 0 saturated heterocycles. The van der Waals surface area contributed by atoms with Gasteiger partial charge in [-0.1, -0.05) is 17.3 Å². The van der Waals surface area contributed by atoms with Gasteiger partial charge in [-0.15, -0.1) is 22.7 Å². The normalized spacial score (nSPS) is 10.7. The number of carbonyl (C=O) groups is 2. The summed E-state index contributed by atoms with van der Waals surface area (Å²) < 4.78 is 10.7. The van der Waals surface area contributed by atoms with Crippen molar-refractivity contribution in [3.05, 3.63) is 63.9 Å². The number of nitrogens with zero attached hydrogens (tertiary/aromatic N) is 3. The van der Waals surface area contributed by atoms with Gasteiger partial charge < -0.3 is 14.6 Å². The van der Waals surface area contributed by atoms with Crippen LogP contribution in [0, 0.1) is 6.92 Å². The molecule has 164 valence electrons. The summed E-state index contributed by atoms with van der Waals surface area (Å²) in [4.78, 5) is 34.5. The van der Waals surface area contributed by atoms with Gasteiger partial charge in [0.15, 0.2) is 11.7 Å². The Balaban J connectivity index is 1.42. The molecule has 4 rings (SSSR count). The maximum atomic E-state index is 12.8. The standard InChI is InChI=1S/C21H19N5O4S2/c1-12(27)22-9-14-7-8-18(32-14)16-11-31-21(24-16)25-20(28)15-5-3-4-6-17(15)29-10-19-23-13(2)30-26-19/h3-8,11H,9-10H2,1-2H3,(H,22,27)(H,24,25,28). The van der Waals surface area contributed by atoms with Crippen LogP contribution in [0.3, 0.4) is 0 Å². The Labute approximate surface area is 191 Å². The van der Waals surface area contributed by atoms with Gasteiger partial charge in [0.1, 0.15) is 5.75 Å². The molecule has 9 nitrogen and oxygen atoms in total. The van der Waals surface area contributed by atoms with Crippen molar-refractivity contribution in [2.75, 3.05) is 5.32 Å². The first-order valence-corrected chi connectivity index (χ1v) is 11.3. The molecule has 0 aliphatic rings. The summed E-state index contributed by atoms with van der Waals surface area (Å²) in [6.07, 6.45) is 0. The minimum atomic E-state index is -0.330. The van der Waals surface area contributed by atoms with Gasteiger partial charge in [0.25, 0.3) is 5.91 Å². The van der Waals surface area contributed by atoms with Gasteiger partial charge in [-0.25, -0.2) is 4.98 Å². The highest BCUT2D eigenvalue weighted by atomic mass is 32.1. The molecule has 3 aromatic heterocycles. The van der Waals surface area contributed by atoms with E-state index in [1.807, 2.05) is 17.5 Å². The molecule has 0 radical (unpaired) electrons. The summed E-state index contributed by atoms with van der Waals surface area (Å²) in [5.74, 6) is 0.849. The van der Waals surface area contributed by atoms with Crippen LogP contribution in [0.15, 0.2) is 46.3 Å². The summed E-state index contributed by atoms with van der Waals surface area (Å²) in [5.41, 5.74) is 1.14. The van der Waals surface area contributed by atoms with Crippen molar-refractivity contribution < 1.29 is 18.8 Å². The highest BCUT2D eigenvalue weighted by molar-refractivity contribution is 7.17. The van der Waals surface area contributed by atoms with Crippen LogP contribution in [0.4, 0.5) is 5.13 Å². The quantitative estimate of drug-likeness (QED) is 0.400. The van der Waals surface area contributed by atoms with Gasteiger partial charge >= 0.3 is 0 Å². The molecule has 0 unspecified atom stereocenters. The second-order valence-corrected chi connectivity index (χ2v) is 8.71. The largest absolute Gasteiger partial charge is 0.485 e. The minimum Gasteiger partial charge on any atom is -0.485 e. The van der Waals surface area contributed by atoms with Gasteiger partial charge in [0, 0.05) is 24.1 Å². The number of aromatic nitrogens is 3. The van der Waals surface area contributed by atoms with Crippen molar-refractivity contribution in [2.45, 2.75) is 27.0 Å². The number of carbonyl (C=O) groups excluding carboxylic acids is 2. The Morgan fingerprint density at radius 2 is 2.00 bits per heavy atom. The number of hydrogen-bond acceptors (Lipinski definition) is 9. The Hall–Kier alpha value is -3.57. The Morgan fingerprint density at radius 1 is 1.16 bits per heavy atom. The number of ether oxygens (including phenoxy) is 1. The molecule has 0 aliphatic carbocycles. The molecule has 2 N–H and O–H groups in total. The lowest BCUT2D eigenvalue weighted by Gasteiger charge is -2.09. The third kappa shape index (κ3) is 5.37. The van der Waals surface area contributed by atoms with Crippen LogP contribution in [0.1, 0.15) is 33.9 Å². The van der Waals surface area contributed by atoms with Crippen LogP contribution in [-0.4, -0.2) is 26.9 Å². The van der Waals surface area contributed by atoms with Crippen LogP contribution < -0.4 is 15.4 Å². The molecule has 32 heavy (non-hydrogen) atoms. The molecule has 1 aromatic carbocycles. The van der Waals surface area contributed by atoms with E-state index in [4.69, 9.17) is 9.26 Å². The maximum absolute atomic E-state index is 12.8. The number of rotatable bonds is 8. The van der Waals surface area contributed by atoms with E-state index in [-0.39, 0.29) is 18.4 Å². The average molecular weight is 470 g/mol. The Kier molecular flexibility index (Phi) is 6.57. The van der Waals surface area contributed by atoms with Gasteiger partial charge in [-0.3, -0.25) is 14.9 Å². The monoisotopic (exact) mass is 469 g/mol. The molecule has 11 heteroatoms. The van der Waals surface area contributed by atoms with E-state index in [2.05, 4.69) is 25.8 Å². The summed E-state index contributed by atoms with van der Waals surface area (Å²) in [5, 5.41) is 11.7. The van der Waals surface area contributed by atoms with Crippen LogP contribution in [0.2, 0.25) is 0 Å². The van der Waals surface area contributed by atoms with E-state index in [1.54, 1.807) is 42.5 Å². The van der Waals surface area contributed by atoms with Crippen LogP contribution in [-0.2, 0) is 17.9 Å². The van der Waals surface area contributed by atoms with Crippen molar-refractivity contribution >= 4 is 39.6 Å². The first-order valence-electron chi connectivity index (χ1n) is 9.59. The Morgan fingerprint density at radius 3 is 2.78 bits per heavy atom. The van der Waals surface area contributed by atoms with Crippen molar-refractivity contribution in [2.24, 2.45) is 0 Å². The van der Waals surface area contributed by atoms with Crippen molar-refractivity contribution in [1.82, 2.24) is 20.4 Å². The molecule has 0 saturated carbocycles. The number of hydrogen-bond donors (Lipinski definition) is 2. The summed E-state index contributed by atoms with van der Waals surface area (Å²) in [7, 11) is 0. The van der Waals surface area contributed by atoms with E-state index in [0.717, 1.165) is 15.4 Å². The number of aryl methyl sites for hydroxylation is 1. The average Bonchev–Trinajstić information content (AvgIpc) is 3.52. The molecule has 4 aromatic rings. The molecule has 0 atom stereocenters. The summed E-state index contributed by atoms with van der Waals surface area (Å²) >= 11 is 2.88. The topological polar surface area (TPSA) is 119 Å². The number of amides is 2. The van der Waals surface area contributed by atoms with Gasteiger partial charge in [0.05, 0.1) is 22.7 Å². The second-order valence-electron chi connectivity index (χ2n) is 6.68. The zero-order chi connectivity index (χ0) is 22.5. The van der Waals surface area contributed by atoms with Crippen LogP contribution in [0.5, 0.6) is 5.75 Å². The number of anilines is 1. The molecule has 0 spiro atoms. The zero-order valence-electron chi connectivity index (χ0n) is 17.2. The molecular weight excluding hydrogens is 450 g/mol. The lowest BCUT2D eigenvalue weighted by molar-refractivity contribution is -0.119. The van der Waals surface area contributed by atoms with E-state index in [0.29, 0.717) is 34.7 Å². The SMILES string of the molecule is CC(=O)NCc1ccc(-c2csc(NC(=O)c3ccccc3OCc3noc(C)n3)n2)s1. The van der Waals surface area contributed by atoms with Crippen molar-refractivity contribution in [3.63, 3.8) is 0 Å². The molecule has 2 amide bonds. The van der Waals surface area contributed by atoms with Crippen LogP contribution in [0.25, 0.3) is 10.6 Å². The minimum absolute atomic E-state index is 0.0738. The molecule has 0 aliphatic heterocycles. The predicted molar refractivity (Wildman–Crippen MR) is 121 cm³/mol. The third-order valence-electron chi connectivity index (χ3n) is 4.21. The lowest BCUT2D eigenvalue weighted by atomic mass is 10.2. The lowest BCUT2D eigenvalue weighted by Crippen LogP contribution is -2.17.